The predicted molar refractivity (Wildman–Crippen MR) is 88.5 cm³/mol. The number of nitrogens with zero attached hydrogens (tertiary/aromatic N) is 1. The first-order valence-electron chi connectivity index (χ1n) is 7.68. The van der Waals surface area contributed by atoms with Crippen molar-refractivity contribution in [2.45, 2.75) is 25.8 Å². The molecule has 0 unspecified atom stereocenters. The minimum absolute atomic E-state index is 0.0203. The Kier molecular flexibility index (Phi) is 4.22. The Balaban J connectivity index is 1.61. The van der Waals surface area contributed by atoms with E-state index in [-0.39, 0.29) is 5.41 Å². The number of benzene rings is 2. The molecular formula is C19H20N2O2. The van der Waals surface area contributed by atoms with Gasteiger partial charge in [0, 0.05) is 18.5 Å². The normalized spacial score (nSPS) is 12.9. The molecule has 0 aliphatic carbocycles. The molecule has 23 heavy (non-hydrogen) atoms. The molecule has 0 amide bonds. The highest BCUT2D eigenvalue weighted by Crippen LogP contribution is 2.36. The third-order valence-corrected chi connectivity index (χ3v) is 4.13. The van der Waals surface area contributed by atoms with E-state index in [1.807, 2.05) is 30.3 Å². The third kappa shape index (κ3) is 3.46. The topological polar surface area (TPSA) is 54.3 Å². The highest BCUT2D eigenvalue weighted by molar-refractivity contribution is 5.46. The number of ether oxygens (including phenoxy) is 2. The van der Waals surface area contributed by atoms with Crippen LogP contribution in [0, 0.1) is 11.3 Å². The first-order chi connectivity index (χ1) is 11.1. The monoisotopic (exact) mass is 308 g/mol. The number of nitriles is 1. The minimum Gasteiger partial charge on any atom is -0.454 e. The lowest BCUT2D eigenvalue weighted by atomic mass is 9.84. The van der Waals surface area contributed by atoms with Crippen molar-refractivity contribution in [3.05, 3.63) is 59.2 Å². The second-order valence-corrected chi connectivity index (χ2v) is 6.36. The first-order valence-corrected chi connectivity index (χ1v) is 7.68. The van der Waals surface area contributed by atoms with Crippen molar-refractivity contribution in [2.75, 3.05) is 13.3 Å². The van der Waals surface area contributed by atoms with Crippen molar-refractivity contribution in [1.82, 2.24) is 5.32 Å². The highest BCUT2D eigenvalue weighted by atomic mass is 16.7. The molecule has 0 aromatic heterocycles. The number of nitrogens with one attached hydrogen (secondary N) is 1. The van der Waals surface area contributed by atoms with Crippen LogP contribution in [0.1, 0.15) is 30.5 Å². The summed E-state index contributed by atoms with van der Waals surface area (Å²) < 4.78 is 10.8. The van der Waals surface area contributed by atoms with Crippen LogP contribution in [-0.4, -0.2) is 13.3 Å². The fourth-order valence-corrected chi connectivity index (χ4v) is 2.64. The average Bonchev–Trinajstić information content (AvgIpc) is 3.03. The molecule has 0 saturated carbocycles. The molecule has 0 fully saturated rings. The molecule has 4 heteroatoms. The molecule has 118 valence electrons. The van der Waals surface area contributed by atoms with Gasteiger partial charge in [0.2, 0.25) is 6.79 Å². The van der Waals surface area contributed by atoms with Crippen LogP contribution in [-0.2, 0) is 12.0 Å². The van der Waals surface area contributed by atoms with Crippen LogP contribution in [0.5, 0.6) is 11.5 Å². The molecule has 3 rings (SSSR count). The van der Waals surface area contributed by atoms with Gasteiger partial charge in [-0.3, -0.25) is 0 Å². The van der Waals surface area contributed by atoms with E-state index in [2.05, 4.69) is 37.4 Å². The van der Waals surface area contributed by atoms with Crippen molar-refractivity contribution in [1.29, 1.82) is 5.26 Å². The predicted octanol–water partition coefficient (Wildman–Crippen LogP) is 3.35. The Labute approximate surface area is 136 Å². The summed E-state index contributed by atoms with van der Waals surface area (Å²) in [6.07, 6.45) is 0. The maximum absolute atomic E-state index is 8.82. The van der Waals surface area contributed by atoms with E-state index in [1.54, 1.807) is 0 Å². The van der Waals surface area contributed by atoms with Gasteiger partial charge in [-0.15, -0.1) is 0 Å². The zero-order chi connectivity index (χ0) is 16.3. The largest absolute Gasteiger partial charge is 0.454 e. The van der Waals surface area contributed by atoms with Crippen molar-refractivity contribution in [3.63, 3.8) is 0 Å². The first kappa shape index (κ1) is 15.4. The molecule has 0 radical (unpaired) electrons. The van der Waals surface area contributed by atoms with Gasteiger partial charge in [0.1, 0.15) is 0 Å². The average molecular weight is 308 g/mol. The van der Waals surface area contributed by atoms with Crippen LogP contribution in [0.15, 0.2) is 42.5 Å². The molecule has 1 heterocycles. The zero-order valence-electron chi connectivity index (χ0n) is 13.4. The van der Waals surface area contributed by atoms with Crippen molar-refractivity contribution in [2.24, 2.45) is 0 Å². The van der Waals surface area contributed by atoms with Gasteiger partial charge < -0.3 is 14.8 Å². The second-order valence-electron chi connectivity index (χ2n) is 6.36. The summed E-state index contributed by atoms with van der Waals surface area (Å²) in [4.78, 5) is 0. The number of fused-ring (bicyclic) bond motifs is 1. The van der Waals surface area contributed by atoms with Gasteiger partial charge in [0.25, 0.3) is 0 Å². The summed E-state index contributed by atoms with van der Waals surface area (Å²) in [5, 5.41) is 12.3. The SMILES string of the molecule is CC(C)(CNCc1ccc(C#N)cc1)c1ccc2c(c1)OCO2. The summed E-state index contributed by atoms with van der Waals surface area (Å²) in [6, 6.07) is 15.9. The third-order valence-electron chi connectivity index (χ3n) is 4.13. The Morgan fingerprint density at radius 1 is 1.09 bits per heavy atom. The molecule has 2 aromatic carbocycles. The molecule has 0 atom stereocenters. The summed E-state index contributed by atoms with van der Waals surface area (Å²) in [5.41, 5.74) is 3.06. The van der Waals surface area contributed by atoms with E-state index in [0.717, 1.165) is 24.6 Å². The van der Waals surface area contributed by atoms with E-state index >= 15 is 0 Å². The molecule has 0 bridgehead atoms. The maximum atomic E-state index is 8.82. The summed E-state index contributed by atoms with van der Waals surface area (Å²) in [7, 11) is 0. The molecular weight excluding hydrogens is 288 g/mol. The fraction of sp³-hybridized carbons (Fsp3) is 0.316. The maximum Gasteiger partial charge on any atom is 0.231 e. The lowest BCUT2D eigenvalue weighted by Gasteiger charge is -2.26. The molecule has 1 aliphatic heterocycles. The highest BCUT2D eigenvalue weighted by Gasteiger charge is 2.23. The summed E-state index contributed by atoms with van der Waals surface area (Å²) in [6.45, 7) is 6.33. The lowest BCUT2D eigenvalue weighted by molar-refractivity contribution is 0.174. The van der Waals surface area contributed by atoms with E-state index in [4.69, 9.17) is 14.7 Å². The van der Waals surface area contributed by atoms with Crippen LogP contribution >= 0.6 is 0 Å². The van der Waals surface area contributed by atoms with Crippen molar-refractivity contribution in [3.8, 4) is 17.6 Å². The molecule has 2 aromatic rings. The summed E-state index contributed by atoms with van der Waals surface area (Å²) >= 11 is 0. The van der Waals surface area contributed by atoms with Crippen LogP contribution in [0.4, 0.5) is 0 Å². The van der Waals surface area contributed by atoms with Gasteiger partial charge in [-0.05, 0) is 35.4 Å². The van der Waals surface area contributed by atoms with Crippen LogP contribution in [0.2, 0.25) is 0 Å². The standard InChI is InChI=1S/C19H20N2O2/c1-19(2,16-7-8-17-18(9-16)23-13-22-17)12-21-11-15-5-3-14(10-20)4-6-15/h3-9,21H,11-13H2,1-2H3. The molecule has 0 saturated heterocycles. The Bertz CT molecular complexity index is 730. The van der Waals surface area contributed by atoms with Gasteiger partial charge in [-0.1, -0.05) is 32.0 Å². The minimum atomic E-state index is -0.0203. The molecule has 1 N–H and O–H groups in total. The fourth-order valence-electron chi connectivity index (χ4n) is 2.64. The lowest BCUT2D eigenvalue weighted by Crippen LogP contribution is -2.32. The molecule has 0 spiro atoms. The van der Waals surface area contributed by atoms with Gasteiger partial charge in [0.15, 0.2) is 11.5 Å². The van der Waals surface area contributed by atoms with E-state index in [0.29, 0.717) is 12.4 Å². The number of hydrogen-bond acceptors (Lipinski definition) is 4. The van der Waals surface area contributed by atoms with Gasteiger partial charge in [-0.2, -0.15) is 5.26 Å². The van der Waals surface area contributed by atoms with Gasteiger partial charge >= 0.3 is 0 Å². The van der Waals surface area contributed by atoms with Crippen LogP contribution < -0.4 is 14.8 Å². The van der Waals surface area contributed by atoms with Crippen molar-refractivity contribution >= 4 is 0 Å². The Hall–Kier alpha value is -2.51. The smallest absolute Gasteiger partial charge is 0.231 e. The van der Waals surface area contributed by atoms with E-state index in [1.165, 1.54) is 11.1 Å². The second kappa shape index (κ2) is 6.31. The molecule has 1 aliphatic rings. The zero-order valence-corrected chi connectivity index (χ0v) is 13.4. The van der Waals surface area contributed by atoms with Crippen molar-refractivity contribution < 1.29 is 9.47 Å². The quantitative estimate of drug-likeness (QED) is 0.920. The van der Waals surface area contributed by atoms with E-state index < -0.39 is 0 Å². The van der Waals surface area contributed by atoms with Crippen LogP contribution in [0.25, 0.3) is 0 Å². The molecule has 4 nitrogen and oxygen atoms in total. The van der Waals surface area contributed by atoms with Crippen LogP contribution in [0.3, 0.4) is 0 Å². The van der Waals surface area contributed by atoms with Gasteiger partial charge in [-0.25, -0.2) is 0 Å². The summed E-state index contributed by atoms with van der Waals surface area (Å²) in [5.74, 6) is 1.64. The number of rotatable bonds is 5. The Morgan fingerprint density at radius 3 is 2.57 bits per heavy atom. The van der Waals surface area contributed by atoms with Gasteiger partial charge in [0.05, 0.1) is 11.6 Å². The van der Waals surface area contributed by atoms with E-state index in [9.17, 15) is 0 Å². The number of hydrogen-bond donors (Lipinski definition) is 1. The Morgan fingerprint density at radius 2 is 1.83 bits per heavy atom.